The summed E-state index contributed by atoms with van der Waals surface area (Å²) < 4.78 is 40.6. The van der Waals surface area contributed by atoms with Gasteiger partial charge >= 0.3 is 10.9 Å². The molecular formula is C9H9ClN2O6S. The van der Waals surface area contributed by atoms with E-state index in [1.807, 2.05) is 0 Å². The van der Waals surface area contributed by atoms with Crippen LogP contribution in [-0.2, 0) is 4.74 Å². The van der Waals surface area contributed by atoms with E-state index in [9.17, 15) is 4.79 Å². The highest BCUT2D eigenvalue weighted by molar-refractivity contribution is 7.14. The zero-order chi connectivity index (χ0) is 14.5. The maximum atomic E-state index is 11.5. The molecule has 0 aromatic carbocycles. The molecule has 0 saturated heterocycles. The van der Waals surface area contributed by atoms with Gasteiger partial charge in [-0.2, -0.15) is 4.40 Å². The van der Waals surface area contributed by atoms with Crippen molar-refractivity contribution in [3.8, 4) is 0 Å². The van der Waals surface area contributed by atoms with Gasteiger partial charge < -0.3 is 4.74 Å². The Kier molecular flexibility index (Phi) is 5.54. The lowest BCUT2D eigenvalue weighted by Gasteiger charge is -2.17. The van der Waals surface area contributed by atoms with E-state index >= 15 is 0 Å². The van der Waals surface area contributed by atoms with Crippen LogP contribution in [0.25, 0.3) is 4.96 Å². The quantitative estimate of drug-likeness (QED) is 0.411. The van der Waals surface area contributed by atoms with Gasteiger partial charge in [0.2, 0.25) is 5.69 Å². The number of esters is 1. The Morgan fingerprint density at radius 1 is 1.47 bits per heavy atom. The van der Waals surface area contributed by atoms with Crippen LogP contribution in [0.2, 0.25) is 0 Å². The lowest BCUT2D eigenvalue weighted by molar-refractivity contribution is -2.00. The number of aromatic nitrogens is 2. The Morgan fingerprint density at radius 3 is 2.68 bits per heavy atom. The van der Waals surface area contributed by atoms with Crippen LogP contribution in [0.5, 0.6) is 0 Å². The molecule has 0 spiro atoms. The topological polar surface area (TPSA) is 136 Å². The lowest BCUT2D eigenvalue weighted by Crippen LogP contribution is -2.68. The van der Waals surface area contributed by atoms with Gasteiger partial charge in [-0.25, -0.2) is 23.4 Å². The largest absolute Gasteiger partial charge is 0.460 e. The first-order valence-electron chi connectivity index (χ1n) is 4.85. The minimum atomic E-state index is -4.94. The van der Waals surface area contributed by atoms with Gasteiger partial charge in [0.15, 0.2) is 0 Å². The van der Waals surface area contributed by atoms with Gasteiger partial charge in [-0.15, -0.1) is 10.2 Å². The first-order chi connectivity index (χ1) is 8.83. The van der Waals surface area contributed by atoms with Crippen LogP contribution in [0.4, 0.5) is 0 Å². The van der Waals surface area contributed by atoms with Crippen molar-refractivity contribution in [1.82, 2.24) is 4.98 Å². The summed E-state index contributed by atoms with van der Waals surface area (Å²) >= 11 is 1.42. The van der Waals surface area contributed by atoms with Gasteiger partial charge in [0.1, 0.15) is 12.4 Å². The Labute approximate surface area is 113 Å². The van der Waals surface area contributed by atoms with Crippen molar-refractivity contribution < 1.29 is 42.8 Å². The molecule has 0 bridgehead atoms. The summed E-state index contributed by atoms with van der Waals surface area (Å²) in [6.45, 7) is 2.17. The predicted molar refractivity (Wildman–Crippen MR) is 51.2 cm³/mol. The predicted octanol–water partition coefficient (Wildman–Crippen LogP) is -3.70. The van der Waals surface area contributed by atoms with Crippen LogP contribution in [0.1, 0.15) is 17.4 Å². The maximum Gasteiger partial charge on any atom is 0.387 e. The van der Waals surface area contributed by atoms with E-state index in [4.69, 9.17) is 23.4 Å². The van der Waals surface area contributed by atoms with Crippen LogP contribution >= 0.6 is 11.3 Å². The summed E-state index contributed by atoms with van der Waals surface area (Å²) in [6.07, 6.45) is 3.49. The van der Waals surface area contributed by atoms with Crippen LogP contribution in [0.3, 0.4) is 0 Å². The molecule has 104 valence electrons. The first kappa shape index (κ1) is 15.7. The fraction of sp³-hybridized carbons (Fsp3) is 0.222. The summed E-state index contributed by atoms with van der Waals surface area (Å²) in [5, 5.41) is 1.75. The second kappa shape index (κ2) is 6.70. The molecule has 0 fully saturated rings. The highest BCUT2D eigenvalue weighted by Gasteiger charge is 2.19. The molecule has 0 saturated carbocycles. The molecular weight excluding hydrogens is 300 g/mol. The molecule has 0 amide bonds. The Bertz CT molecular complexity index is 549. The smallest absolute Gasteiger partial charge is 0.387 e. The second-order valence-corrected chi connectivity index (χ2v) is 4.58. The van der Waals surface area contributed by atoms with Crippen molar-refractivity contribution in [1.29, 1.82) is 0 Å². The molecule has 19 heavy (non-hydrogen) atoms. The SMILES string of the molecule is CCOC(=O)c1csc2nccc[n+]12.[O-][Cl+3]([O-])([O-])[O-]. The number of halogens is 1. The van der Waals surface area contributed by atoms with Gasteiger partial charge in [-0.05, 0) is 23.2 Å². The monoisotopic (exact) mass is 308 g/mol. The van der Waals surface area contributed by atoms with E-state index < -0.39 is 10.2 Å². The second-order valence-electron chi connectivity index (χ2n) is 2.99. The van der Waals surface area contributed by atoms with Crippen molar-refractivity contribution >= 4 is 22.3 Å². The van der Waals surface area contributed by atoms with Crippen molar-refractivity contribution in [3.63, 3.8) is 0 Å². The van der Waals surface area contributed by atoms with Gasteiger partial charge in [0.25, 0.3) is 0 Å². The molecule has 0 aliphatic heterocycles. The fourth-order valence-electron chi connectivity index (χ4n) is 1.14. The Morgan fingerprint density at radius 2 is 2.11 bits per heavy atom. The molecule has 0 radical (unpaired) electrons. The molecule has 0 aliphatic rings. The van der Waals surface area contributed by atoms with E-state index in [0.717, 1.165) is 4.96 Å². The number of ether oxygens (including phenoxy) is 1. The standard InChI is InChI=1S/C9H9N2O2S.ClHO4/c1-2-13-8(12)7-6-14-9-10-4-3-5-11(7)9;2-1(3,4)5/h3-6H,2H2,1H3;(H,2,3,4,5)/q+1;/p-1. The number of hydrogen-bond donors (Lipinski definition) is 0. The van der Waals surface area contributed by atoms with Gasteiger partial charge in [0.05, 0.1) is 12.0 Å². The number of nitrogens with zero attached hydrogens (tertiary/aromatic N) is 2. The number of hydrogen-bond acceptors (Lipinski definition) is 8. The highest BCUT2D eigenvalue weighted by Crippen LogP contribution is 2.07. The number of thiazole rings is 1. The summed E-state index contributed by atoms with van der Waals surface area (Å²) in [4.78, 5) is 16.4. The molecule has 0 unspecified atom stereocenters. The summed E-state index contributed by atoms with van der Waals surface area (Å²) in [7, 11) is -4.94. The van der Waals surface area contributed by atoms with E-state index in [1.165, 1.54) is 11.3 Å². The van der Waals surface area contributed by atoms with Gasteiger partial charge in [0, 0.05) is 6.07 Å². The average molecular weight is 309 g/mol. The van der Waals surface area contributed by atoms with Crippen molar-refractivity contribution in [3.05, 3.63) is 29.5 Å². The van der Waals surface area contributed by atoms with Crippen LogP contribution in [0, 0.1) is 10.2 Å². The number of carbonyl (C=O) groups excluding carboxylic acids is 1. The van der Waals surface area contributed by atoms with E-state index in [-0.39, 0.29) is 5.97 Å². The minimum absolute atomic E-state index is 0.309. The molecule has 2 aromatic heterocycles. The van der Waals surface area contributed by atoms with Gasteiger partial charge in [-0.3, -0.25) is 0 Å². The van der Waals surface area contributed by atoms with Crippen LogP contribution < -0.4 is 23.0 Å². The first-order valence-corrected chi connectivity index (χ1v) is 6.97. The third-order valence-corrected chi connectivity index (χ3v) is 2.59. The molecule has 8 nitrogen and oxygen atoms in total. The molecule has 2 aromatic rings. The Balaban J connectivity index is 0.000000312. The van der Waals surface area contributed by atoms with E-state index in [2.05, 4.69) is 4.98 Å². The fourth-order valence-corrected chi connectivity index (χ4v) is 1.97. The summed E-state index contributed by atoms with van der Waals surface area (Å²) in [6, 6.07) is 1.78. The summed E-state index contributed by atoms with van der Waals surface area (Å²) in [5.41, 5.74) is 0.528. The summed E-state index contributed by atoms with van der Waals surface area (Å²) in [5.74, 6) is -0.309. The van der Waals surface area contributed by atoms with Crippen LogP contribution in [0.15, 0.2) is 23.8 Å². The molecule has 2 heterocycles. The van der Waals surface area contributed by atoms with Crippen molar-refractivity contribution in [2.45, 2.75) is 6.92 Å². The van der Waals surface area contributed by atoms with Gasteiger partial charge in [-0.1, -0.05) is 0 Å². The zero-order valence-electron chi connectivity index (χ0n) is 9.65. The van der Waals surface area contributed by atoms with Crippen molar-refractivity contribution in [2.75, 3.05) is 6.61 Å². The Hall–Kier alpha value is -1.36. The number of fused-ring (bicyclic) bond motifs is 1. The van der Waals surface area contributed by atoms with Crippen molar-refractivity contribution in [2.24, 2.45) is 0 Å². The number of rotatable bonds is 2. The highest BCUT2D eigenvalue weighted by atomic mass is 35.7. The number of carbonyl (C=O) groups is 1. The molecule has 10 heteroatoms. The molecule has 2 rings (SSSR count). The maximum absolute atomic E-state index is 11.5. The molecule has 0 atom stereocenters. The van der Waals surface area contributed by atoms with E-state index in [0.29, 0.717) is 12.3 Å². The minimum Gasteiger partial charge on any atom is -0.460 e. The van der Waals surface area contributed by atoms with Crippen LogP contribution in [-0.4, -0.2) is 17.6 Å². The average Bonchev–Trinajstić information content (AvgIpc) is 2.70. The van der Waals surface area contributed by atoms with E-state index in [1.54, 1.807) is 35.2 Å². The normalized spacial score (nSPS) is 10.8. The third kappa shape index (κ3) is 5.42. The molecule has 0 N–H and O–H groups in total. The molecule has 0 aliphatic carbocycles. The lowest BCUT2D eigenvalue weighted by atomic mass is 10.5. The zero-order valence-corrected chi connectivity index (χ0v) is 11.2. The third-order valence-electron chi connectivity index (χ3n) is 1.73.